The Balaban J connectivity index is 1.31. The van der Waals surface area contributed by atoms with Crippen LogP contribution in [0.1, 0.15) is 28.4 Å². The van der Waals surface area contributed by atoms with Crippen molar-refractivity contribution in [1.29, 1.82) is 0 Å². The van der Waals surface area contributed by atoms with Gasteiger partial charge in [-0.25, -0.2) is 18.7 Å². The number of aliphatic imine (C=N–C) groups is 1. The minimum atomic E-state index is -0.899. The van der Waals surface area contributed by atoms with Gasteiger partial charge in [0.25, 0.3) is 0 Å². The summed E-state index contributed by atoms with van der Waals surface area (Å²) in [6.07, 6.45) is 1.38. The molecule has 4 aromatic rings. The van der Waals surface area contributed by atoms with Gasteiger partial charge in [0.05, 0.1) is 29.7 Å². The molecule has 4 N–H and O–H groups in total. The molecule has 39 heavy (non-hydrogen) atoms. The lowest BCUT2D eigenvalue weighted by Crippen LogP contribution is -2.33. The molecule has 11 heteroatoms. The maximum atomic E-state index is 14.8. The number of fused-ring (bicyclic) bond motifs is 3. The average Bonchev–Trinajstić information content (AvgIpc) is 3.37. The summed E-state index contributed by atoms with van der Waals surface area (Å²) >= 11 is 6.29. The lowest BCUT2D eigenvalue weighted by atomic mass is 9.95. The van der Waals surface area contributed by atoms with Crippen molar-refractivity contribution in [3.05, 3.63) is 106 Å². The number of carboxylic acid groups (broad SMARTS) is 1. The van der Waals surface area contributed by atoms with Gasteiger partial charge in [-0.3, -0.25) is 20.4 Å². The van der Waals surface area contributed by atoms with Gasteiger partial charge in [0, 0.05) is 40.1 Å². The molecule has 1 aromatic heterocycles. The van der Waals surface area contributed by atoms with Gasteiger partial charge in [0.15, 0.2) is 0 Å². The van der Waals surface area contributed by atoms with Crippen LogP contribution in [0.5, 0.6) is 0 Å². The van der Waals surface area contributed by atoms with E-state index in [2.05, 4.69) is 25.9 Å². The summed E-state index contributed by atoms with van der Waals surface area (Å²) in [5, 5.41) is 18.9. The van der Waals surface area contributed by atoms with E-state index in [0.29, 0.717) is 39.9 Å². The first-order valence-electron chi connectivity index (χ1n) is 12.1. The van der Waals surface area contributed by atoms with Crippen molar-refractivity contribution in [3.63, 3.8) is 0 Å². The van der Waals surface area contributed by atoms with Crippen LogP contribution in [0.15, 0.2) is 71.9 Å². The molecule has 3 aromatic carbocycles. The van der Waals surface area contributed by atoms with Crippen molar-refractivity contribution >= 4 is 34.9 Å². The molecular weight excluding hydrogens is 526 g/mol. The SMILES string of the molecule is O=C(O)C1CNC(c2ccc(Nc3ncc4c(n3)-c3ccc(Cl)cc3C(c3c(F)cccc3F)=NC4)cc2)N1. The lowest BCUT2D eigenvalue weighted by molar-refractivity contribution is -0.138. The summed E-state index contributed by atoms with van der Waals surface area (Å²) in [5.41, 5.74) is 3.91. The number of rotatable bonds is 5. The van der Waals surface area contributed by atoms with Crippen LogP contribution in [0, 0.1) is 11.6 Å². The highest BCUT2D eigenvalue weighted by Crippen LogP contribution is 2.35. The van der Waals surface area contributed by atoms with Gasteiger partial charge in [-0.2, -0.15) is 0 Å². The van der Waals surface area contributed by atoms with Gasteiger partial charge in [-0.15, -0.1) is 0 Å². The lowest BCUT2D eigenvalue weighted by Gasteiger charge is -2.14. The van der Waals surface area contributed by atoms with E-state index in [1.54, 1.807) is 24.4 Å². The second kappa shape index (κ2) is 10.1. The van der Waals surface area contributed by atoms with Crippen LogP contribution in [0.25, 0.3) is 11.3 Å². The maximum Gasteiger partial charge on any atom is 0.322 e. The van der Waals surface area contributed by atoms with Crippen molar-refractivity contribution in [1.82, 2.24) is 20.6 Å². The Hall–Kier alpha value is -4.25. The molecule has 6 rings (SSSR count). The predicted octanol–water partition coefficient (Wildman–Crippen LogP) is 4.81. The van der Waals surface area contributed by atoms with Crippen molar-refractivity contribution in [3.8, 4) is 11.3 Å². The zero-order valence-corrected chi connectivity index (χ0v) is 21.0. The number of benzene rings is 3. The molecule has 0 saturated carbocycles. The van der Waals surface area contributed by atoms with E-state index < -0.39 is 23.6 Å². The zero-order valence-electron chi connectivity index (χ0n) is 20.3. The van der Waals surface area contributed by atoms with Crippen LogP contribution in [0.4, 0.5) is 20.4 Å². The normalized spacial score (nSPS) is 18.1. The number of nitrogens with one attached hydrogen (secondary N) is 3. The molecule has 8 nitrogen and oxygen atoms in total. The van der Waals surface area contributed by atoms with E-state index in [-0.39, 0.29) is 24.0 Å². The highest BCUT2D eigenvalue weighted by molar-refractivity contribution is 6.31. The molecule has 0 bridgehead atoms. The van der Waals surface area contributed by atoms with E-state index in [1.807, 2.05) is 24.3 Å². The Bertz CT molecular complexity index is 1610. The molecular formula is C28H21ClF2N6O2. The Kier molecular flexibility index (Phi) is 6.51. The summed E-state index contributed by atoms with van der Waals surface area (Å²) in [6.45, 7) is 0.461. The summed E-state index contributed by atoms with van der Waals surface area (Å²) in [7, 11) is 0. The zero-order chi connectivity index (χ0) is 27.1. The Morgan fingerprint density at radius 1 is 1.05 bits per heavy atom. The van der Waals surface area contributed by atoms with Gasteiger partial charge in [0.2, 0.25) is 5.95 Å². The number of nitrogens with zero attached hydrogens (tertiary/aromatic N) is 3. The molecule has 1 saturated heterocycles. The van der Waals surface area contributed by atoms with Gasteiger partial charge >= 0.3 is 5.97 Å². The van der Waals surface area contributed by atoms with Crippen molar-refractivity contribution < 1.29 is 18.7 Å². The van der Waals surface area contributed by atoms with Crippen molar-refractivity contribution in [2.75, 3.05) is 11.9 Å². The molecule has 1 fully saturated rings. The van der Waals surface area contributed by atoms with Crippen LogP contribution in [-0.2, 0) is 11.3 Å². The average molecular weight is 547 g/mol. The molecule has 3 heterocycles. The molecule has 196 valence electrons. The fourth-order valence-electron chi connectivity index (χ4n) is 4.74. The second-order valence-corrected chi connectivity index (χ2v) is 9.60. The number of hydrogen-bond acceptors (Lipinski definition) is 7. The monoisotopic (exact) mass is 546 g/mol. The molecule has 2 atom stereocenters. The van der Waals surface area contributed by atoms with Gasteiger partial charge < -0.3 is 10.4 Å². The number of aliphatic carboxylic acids is 1. The van der Waals surface area contributed by atoms with Gasteiger partial charge in [0.1, 0.15) is 17.7 Å². The summed E-state index contributed by atoms with van der Waals surface area (Å²) in [6, 6.07) is 15.6. The molecule has 0 radical (unpaired) electrons. The maximum absolute atomic E-state index is 14.8. The number of carbonyl (C=O) groups is 1. The van der Waals surface area contributed by atoms with E-state index >= 15 is 0 Å². The molecule has 0 aliphatic carbocycles. The largest absolute Gasteiger partial charge is 0.480 e. The summed E-state index contributed by atoms with van der Waals surface area (Å²) in [5.74, 6) is -2.01. The predicted molar refractivity (Wildman–Crippen MR) is 143 cm³/mol. The first-order valence-corrected chi connectivity index (χ1v) is 12.5. The van der Waals surface area contributed by atoms with Crippen molar-refractivity contribution in [2.24, 2.45) is 4.99 Å². The van der Waals surface area contributed by atoms with E-state index in [4.69, 9.17) is 16.6 Å². The van der Waals surface area contributed by atoms with Crippen LogP contribution in [0.3, 0.4) is 0 Å². The highest BCUT2D eigenvalue weighted by Gasteiger charge is 2.29. The third-order valence-electron chi connectivity index (χ3n) is 6.66. The summed E-state index contributed by atoms with van der Waals surface area (Å²) < 4.78 is 29.5. The second-order valence-electron chi connectivity index (χ2n) is 9.16. The fraction of sp³-hybridized carbons (Fsp3) is 0.143. The standard InChI is InChI=1S/C28H21ClF2N6O2/c29-16-6-9-18-19(10-16)25(23-20(30)2-1-3-21(23)31)32-11-15-12-34-28(37-24(15)18)35-17-7-4-14(5-8-17)26-33-13-22(36-26)27(38)39/h1-10,12,22,26,33,36H,11,13H2,(H,38,39)(H,34,35,37). The first kappa shape index (κ1) is 25.1. The molecule has 2 aliphatic heterocycles. The quantitative estimate of drug-likeness (QED) is 0.284. The van der Waals surface area contributed by atoms with Gasteiger partial charge in [-0.05, 0) is 42.0 Å². The van der Waals surface area contributed by atoms with E-state index in [1.165, 1.54) is 18.2 Å². The summed E-state index contributed by atoms with van der Waals surface area (Å²) in [4.78, 5) is 24.9. The third-order valence-corrected chi connectivity index (χ3v) is 6.89. The third kappa shape index (κ3) is 4.85. The molecule has 0 amide bonds. The number of hydrogen-bond donors (Lipinski definition) is 4. The van der Waals surface area contributed by atoms with E-state index in [9.17, 15) is 18.7 Å². The Morgan fingerprint density at radius 3 is 2.54 bits per heavy atom. The minimum Gasteiger partial charge on any atom is -0.480 e. The highest BCUT2D eigenvalue weighted by atomic mass is 35.5. The molecule has 2 unspecified atom stereocenters. The molecule has 0 spiro atoms. The number of carboxylic acids is 1. The van der Waals surface area contributed by atoms with Crippen LogP contribution in [0.2, 0.25) is 5.02 Å². The fourth-order valence-corrected chi connectivity index (χ4v) is 4.91. The minimum absolute atomic E-state index is 0.123. The molecule has 2 aliphatic rings. The first-order chi connectivity index (χ1) is 18.9. The number of anilines is 2. The number of halogens is 3. The Labute approximate surface area is 226 Å². The van der Waals surface area contributed by atoms with Gasteiger partial charge in [-0.1, -0.05) is 35.9 Å². The number of aromatic nitrogens is 2. The van der Waals surface area contributed by atoms with Crippen molar-refractivity contribution in [2.45, 2.75) is 18.8 Å². The Morgan fingerprint density at radius 2 is 1.82 bits per heavy atom. The van der Waals surface area contributed by atoms with Crippen LogP contribution >= 0.6 is 11.6 Å². The topological polar surface area (TPSA) is 112 Å². The van der Waals surface area contributed by atoms with E-state index in [0.717, 1.165) is 11.3 Å². The van der Waals surface area contributed by atoms with Crippen LogP contribution in [-0.4, -0.2) is 39.3 Å². The smallest absolute Gasteiger partial charge is 0.322 e. The van der Waals surface area contributed by atoms with Crippen LogP contribution < -0.4 is 16.0 Å².